The van der Waals surface area contributed by atoms with Crippen LogP contribution < -0.4 is 15.6 Å². The molecule has 0 aliphatic rings. The molecule has 25 heavy (non-hydrogen) atoms. The van der Waals surface area contributed by atoms with E-state index < -0.39 is 0 Å². The van der Waals surface area contributed by atoms with E-state index in [0.29, 0.717) is 33.4 Å². The molecule has 2 aromatic heterocycles. The summed E-state index contributed by atoms with van der Waals surface area (Å²) in [6, 6.07) is 7.27. The monoisotopic (exact) mass is 375 g/mol. The molecule has 0 spiro atoms. The third kappa shape index (κ3) is 4.02. The third-order valence-electron chi connectivity index (χ3n) is 3.41. The number of carbonyl (C=O) groups excluding carboxylic acids is 1. The molecule has 6 nitrogen and oxygen atoms in total. The van der Waals surface area contributed by atoms with Gasteiger partial charge in [0.15, 0.2) is 5.16 Å². The van der Waals surface area contributed by atoms with E-state index in [1.165, 1.54) is 23.1 Å². The summed E-state index contributed by atoms with van der Waals surface area (Å²) in [6.07, 6.45) is 0. The van der Waals surface area contributed by atoms with Crippen molar-refractivity contribution in [2.75, 3.05) is 17.7 Å². The number of aromatic nitrogens is 2. The first-order valence-corrected chi connectivity index (χ1v) is 9.57. The minimum absolute atomic E-state index is 0.138. The quantitative estimate of drug-likeness (QED) is 0.509. The van der Waals surface area contributed by atoms with Gasteiger partial charge in [-0.05, 0) is 36.9 Å². The number of hydrogen-bond donors (Lipinski definition) is 2. The molecule has 3 rings (SSSR count). The van der Waals surface area contributed by atoms with Crippen LogP contribution >= 0.6 is 23.1 Å². The Hall–Kier alpha value is -2.32. The first-order valence-electron chi connectivity index (χ1n) is 7.71. The molecular weight excluding hydrogens is 358 g/mol. The SMILES string of the molecule is CCOc1ccccc1NC(=O)CSc1nc2scc(C)c2c(=O)[nH]1. The van der Waals surface area contributed by atoms with E-state index in [4.69, 9.17) is 4.74 Å². The Bertz CT molecular complexity index is 965. The fourth-order valence-corrected chi connectivity index (χ4v) is 3.95. The van der Waals surface area contributed by atoms with Crippen molar-refractivity contribution in [1.82, 2.24) is 9.97 Å². The number of aryl methyl sites for hydroxylation is 1. The lowest BCUT2D eigenvalue weighted by Gasteiger charge is -2.10. The van der Waals surface area contributed by atoms with Crippen molar-refractivity contribution in [3.63, 3.8) is 0 Å². The zero-order valence-electron chi connectivity index (χ0n) is 13.8. The van der Waals surface area contributed by atoms with Gasteiger partial charge < -0.3 is 15.0 Å². The van der Waals surface area contributed by atoms with Crippen molar-refractivity contribution in [2.24, 2.45) is 0 Å². The molecule has 0 fully saturated rings. The Balaban J connectivity index is 1.68. The number of aromatic amines is 1. The van der Waals surface area contributed by atoms with Crippen LogP contribution in [0.2, 0.25) is 0 Å². The van der Waals surface area contributed by atoms with Crippen LogP contribution in [0.3, 0.4) is 0 Å². The highest BCUT2D eigenvalue weighted by molar-refractivity contribution is 7.99. The average molecular weight is 375 g/mol. The highest BCUT2D eigenvalue weighted by Crippen LogP contribution is 2.25. The topological polar surface area (TPSA) is 84.1 Å². The fraction of sp³-hybridized carbons (Fsp3) is 0.235. The number of benzene rings is 1. The van der Waals surface area contributed by atoms with Gasteiger partial charge in [-0.25, -0.2) is 4.98 Å². The number of nitrogens with one attached hydrogen (secondary N) is 2. The lowest BCUT2D eigenvalue weighted by molar-refractivity contribution is -0.113. The average Bonchev–Trinajstić information content (AvgIpc) is 2.97. The summed E-state index contributed by atoms with van der Waals surface area (Å²) in [5.41, 5.74) is 1.37. The van der Waals surface area contributed by atoms with Gasteiger partial charge in [-0.1, -0.05) is 23.9 Å². The number of fused-ring (bicyclic) bond motifs is 1. The lowest BCUT2D eigenvalue weighted by Crippen LogP contribution is -2.16. The van der Waals surface area contributed by atoms with Crippen molar-refractivity contribution in [2.45, 2.75) is 19.0 Å². The molecule has 1 amide bonds. The number of thiophene rings is 1. The van der Waals surface area contributed by atoms with Gasteiger partial charge in [0.1, 0.15) is 10.6 Å². The van der Waals surface area contributed by atoms with Gasteiger partial charge >= 0.3 is 0 Å². The third-order valence-corrected chi connectivity index (χ3v) is 5.27. The number of thioether (sulfide) groups is 1. The van der Waals surface area contributed by atoms with Gasteiger partial charge in [0.25, 0.3) is 5.56 Å². The number of H-pyrrole nitrogens is 1. The summed E-state index contributed by atoms with van der Waals surface area (Å²) >= 11 is 2.62. The van der Waals surface area contributed by atoms with Gasteiger partial charge in [-0.3, -0.25) is 9.59 Å². The van der Waals surface area contributed by atoms with Gasteiger partial charge in [0, 0.05) is 0 Å². The molecule has 3 aromatic rings. The largest absolute Gasteiger partial charge is 0.492 e. The Morgan fingerprint density at radius 2 is 2.20 bits per heavy atom. The van der Waals surface area contributed by atoms with Crippen LogP contribution in [0.5, 0.6) is 5.75 Å². The predicted octanol–water partition coefficient (Wildman–Crippen LogP) is 3.42. The summed E-state index contributed by atoms with van der Waals surface area (Å²) in [5, 5.41) is 5.77. The Morgan fingerprint density at radius 3 is 3.00 bits per heavy atom. The maximum absolute atomic E-state index is 12.2. The Labute approximate surface area is 152 Å². The molecule has 0 bridgehead atoms. The standard InChI is InChI=1S/C17H17N3O3S2/c1-3-23-12-7-5-4-6-11(12)18-13(21)9-25-17-19-15(22)14-10(2)8-24-16(14)20-17/h4-8H,3,9H2,1-2H3,(H,18,21)(H,19,20,22). The molecule has 2 heterocycles. The van der Waals surface area contributed by atoms with Crippen LogP contribution in [0, 0.1) is 6.92 Å². The Morgan fingerprint density at radius 1 is 1.40 bits per heavy atom. The maximum Gasteiger partial charge on any atom is 0.260 e. The first-order chi connectivity index (χ1) is 12.1. The van der Waals surface area contributed by atoms with Crippen molar-refractivity contribution >= 4 is 44.9 Å². The van der Waals surface area contributed by atoms with Crippen LogP contribution in [-0.4, -0.2) is 28.2 Å². The minimum atomic E-state index is -0.192. The van der Waals surface area contributed by atoms with Crippen LogP contribution in [0.15, 0.2) is 39.6 Å². The molecule has 0 aliphatic carbocycles. The maximum atomic E-state index is 12.2. The minimum Gasteiger partial charge on any atom is -0.492 e. The van der Waals surface area contributed by atoms with E-state index >= 15 is 0 Å². The summed E-state index contributed by atoms with van der Waals surface area (Å²) < 4.78 is 5.49. The molecule has 0 unspecified atom stereocenters. The second-order valence-corrected chi connectivity index (χ2v) is 7.06. The predicted molar refractivity (Wildman–Crippen MR) is 102 cm³/mol. The van der Waals surface area contributed by atoms with E-state index in [-0.39, 0.29) is 17.2 Å². The second-order valence-electron chi connectivity index (χ2n) is 5.24. The van der Waals surface area contributed by atoms with Crippen molar-refractivity contribution in [3.8, 4) is 5.75 Å². The second kappa shape index (κ2) is 7.71. The van der Waals surface area contributed by atoms with E-state index in [1.807, 2.05) is 31.4 Å². The highest BCUT2D eigenvalue weighted by atomic mass is 32.2. The summed E-state index contributed by atoms with van der Waals surface area (Å²) in [7, 11) is 0. The molecule has 1 aromatic carbocycles. The molecule has 0 saturated carbocycles. The van der Waals surface area contributed by atoms with Crippen molar-refractivity contribution in [3.05, 3.63) is 45.6 Å². The number of ether oxygens (including phenoxy) is 1. The van der Waals surface area contributed by atoms with Crippen LogP contribution in [0.25, 0.3) is 10.2 Å². The number of carbonyl (C=O) groups is 1. The van der Waals surface area contributed by atoms with Gasteiger partial charge in [0.2, 0.25) is 5.91 Å². The number of nitrogens with zero attached hydrogens (tertiary/aromatic N) is 1. The molecular formula is C17H17N3O3S2. The fourth-order valence-electron chi connectivity index (χ4n) is 2.31. The van der Waals surface area contributed by atoms with Gasteiger partial charge in [0.05, 0.1) is 23.4 Å². The normalized spacial score (nSPS) is 10.8. The zero-order valence-corrected chi connectivity index (χ0v) is 15.4. The van der Waals surface area contributed by atoms with Crippen LogP contribution in [-0.2, 0) is 4.79 Å². The van der Waals surface area contributed by atoms with Crippen molar-refractivity contribution < 1.29 is 9.53 Å². The molecule has 0 radical (unpaired) electrons. The smallest absolute Gasteiger partial charge is 0.260 e. The molecule has 0 aliphatic heterocycles. The molecule has 0 saturated heterocycles. The number of anilines is 1. The molecule has 130 valence electrons. The number of amides is 1. The van der Waals surface area contributed by atoms with E-state index in [2.05, 4.69) is 15.3 Å². The summed E-state index contributed by atoms with van der Waals surface area (Å²) in [5.74, 6) is 0.576. The molecule has 2 N–H and O–H groups in total. The number of hydrogen-bond acceptors (Lipinski definition) is 6. The van der Waals surface area contributed by atoms with Crippen molar-refractivity contribution in [1.29, 1.82) is 0 Å². The first kappa shape index (κ1) is 17.5. The summed E-state index contributed by atoms with van der Waals surface area (Å²) in [6.45, 7) is 4.29. The Kier molecular flexibility index (Phi) is 5.40. The zero-order chi connectivity index (χ0) is 17.8. The number of rotatable bonds is 6. The van der Waals surface area contributed by atoms with Gasteiger partial charge in [-0.15, -0.1) is 11.3 Å². The van der Waals surface area contributed by atoms with Gasteiger partial charge in [-0.2, -0.15) is 0 Å². The highest BCUT2D eigenvalue weighted by Gasteiger charge is 2.12. The van der Waals surface area contributed by atoms with E-state index in [1.54, 1.807) is 12.1 Å². The summed E-state index contributed by atoms with van der Waals surface area (Å²) in [4.78, 5) is 32.1. The molecule has 8 heteroatoms. The van der Waals surface area contributed by atoms with E-state index in [0.717, 1.165) is 5.56 Å². The van der Waals surface area contributed by atoms with Crippen LogP contribution in [0.1, 0.15) is 12.5 Å². The number of para-hydroxylation sites is 2. The molecule has 0 atom stereocenters. The lowest BCUT2D eigenvalue weighted by atomic mass is 10.3. The van der Waals surface area contributed by atoms with E-state index in [9.17, 15) is 9.59 Å². The van der Waals surface area contributed by atoms with Crippen LogP contribution in [0.4, 0.5) is 5.69 Å².